The number of hydrogen-bond acceptors (Lipinski definition) is 5. The van der Waals surface area contributed by atoms with Crippen LogP contribution in [0.25, 0.3) is 0 Å². The van der Waals surface area contributed by atoms with Crippen molar-refractivity contribution in [1.82, 2.24) is 14.8 Å². The Morgan fingerprint density at radius 1 is 1.33 bits per heavy atom. The van der Waals surface area contributed by atoms with Gasteiger partial charge in [0.25, 0.3) is 0 Å². The lowest BCUT2D eigenvalue weighted by Crippen LogP contribution is -2.36. The highest BCUT2D eigenvalue weighted by atomic mass is 16.5. The summed E-state index contributed by atoms with van der Waals surface area (Å²) in [4.78, 5) is 20.9. The zero-order chi connectivity index (χ0) is 14.7. The maximum Gasteiger partial charge on any atom is 0.339 e. The van der Waals surface area contributed by atoms with E-state index >= 15 is 0 Å². The third kappa shape index (κ3) is 3.41. The molecule has 114 valence electrons. The highest BCUT2D eigenvalue weighted by molar-refractivity contribution is 5.88. The fraction of sp³-hybridized carbons (Fsp3) is 0.625. The van der Waals surface area contributed by atoms with Gasteiger partial charge >= 0.3 is 5.97 Å². The minimum absolute atomic E-state index is 0.328. The first kappa shape index (κ1) is 14.5. The molecule has 2 aliphatic heterocycles. The molecule has 0 bridgehead atoms. The molecule has 0 saturated carbocycles. The maximum absolute atomic E-state index is 11.4. The summed E-state index contributed by atoms with van der Waals surface area (Å²) in [5.41, 5.74) is 1.54. The Hall–Kier alpha value is -1.46. The van der Waals surface area contributed by atoms with Crippen molar-refractivity contribution in [3.05, 3.63) is 29.6 Å². The summed E-state index contributed by atoms with van der Waals surface area (Å²) in [6.07, 6.45) is 5.51. The molecule has 5 heteroatoms. The molecule has 0 aliphatic carbocycles. The van der Waals surface area contributed by atoms with Gasteiger partial charge in [-0.1, -0.05) is 0 Å². The predicted molar refractivity (Wildman–Crippen MR) is 80.1 cm³/mol. The van der Waals surface area contributed by atoms with Crippen molar-refractivity contribution in [2.75, 3.05) is 33.3 Å². The zero-order valence-electron chi connectivity index (χ0n) is 12.6. The van der Waals surface area contributed by atoms with Gasteiger partial charge in [0.2, 0.25) is 0 Å². The average molecular weight is 289 g/mol. The Bertz CT molecular complexity index is 489. The van der Waals surface area contributed by atoms with Crippen molar-refractivity contribution >= 4 is 5.97 Å². The van der Waals surface area contributed by atoms with Gasteiger partial charge in [-0.2, -0.15) is 0 Å². The Labute approximate surface area is 125 Å². The lowest BCUT2D eigenvalue weighted by Gasteiger charge is -2.25. The van der Waals surface area contributed by atoms with Gasteiger partial charge in [-0.3, -0.25) is 14.8 Å². The number of aromatic nitrogens is 1. The number of fused-ring (bicyclic) bond motifs is 1. The Morgan fingerprint density at radius 2 is 2.19 bits per heavy atom. The topological polar surface area (TPSA) is 45.7 Å². The first-order valence-electron chi connectivity index (χ1n) is 7.76. The molecule has 1 atom stereocenters. The van der Waals surface area contributed by atoms with Crippen molar-refractivity contribution in [3.8, 4) is 0 Å². The van der Waals surface area contributed by atoms with Crippen LogP contribution in [0.3, 0.4) is 0 Å². The number of carbonyl (C=O) groups excluding carboxylic acids is 1. The molecule has 1 aromatic rings. The van der Waals surface area contributed by atoms with Crippen LogP contribution >= 0.6 is 0 Å². The fourth-order valence-corrected chi connectivity index (χ4v) is 3.41. The molecule has 0 N–H and O–H groups in total. The standard InChI is InChI=1S/C16H23N3O2/c1-21-16(20)13-5-6-14(17-10-13)11-18-7-3-9-19-8-2-4-15(19)12-18/h5-6,10,15H,2-4,7-9,11-12H2,1H3. The van der Waals surface area contributed by atoms with Crippen LogP contribution in [0.1, 0.15) is 35.3 Å². The van der Waals surface area contributed by atoms with Gasteiger partial charge in [0.05, 0.1) is 18.4 Å². The van der Waals surface area contributed by atoms with E-state index in [1.807, 2.05) is 6.07 Å². The molecule has 0 spiro atoms. The summed E-state index contributed by atoms with van der Waals surface area (Å²) in [7, 11) is 1.39. The van der Waals surface area contributed by atoms with Crippen LogP contribution in [0.5, 0.6) is 0 Å². The number of pyridine rings is 1. The molecule has 5 nitrogen and oxygen atoms in total. The smallest absolute Gasteiger partial charge is 0.339 e. The molecule has 2 aliphatic rings. The van der Waals surface area contributed by atoms with Crippen molar-refractivity contribution in [3.63, 3.8) is 0 Å². The van der Waals surface area contributed by atoms with Crippen molar-refractivity contribution in [1.29, 1.82) is 0 Å². The molecule has 3 rings (SSSR count). The SMILES string of the molecule is COC(=O)c1ccc(CN2CCCN3CCCC3C2)nc1. The molecular weight excluding hydrogens is 266 g/mol. The van der Waals surface area contributed by atoms with Crippen LogP contribution in [-0.4, -0.2) is 60.1 Å². The summed E-state index contributed by atoms with van der Waals surface area (Å²) in [5.74, 6) is -0.328. The molecule has 2 saturated heterocycles. The second-order valence-electron chi connectivity index (χ2n) is 5.95. The van der Waals surface area contributed by atoms with E-state index in [0.29, 0.717) is 5.56 Å². The van der Waals surface area contributed by atoms with E-state index in [4.69, 9.17) is 4.74 Å². The Kier molecular flexibility index (Phi) is 4.51. The third-order valence-corrected chi connectivity index (χ3v) is 4.52. The van der Waals surface area contributed by atoms with E-state index in [-0.39, 0.29) is 5.97 Å². The Morgan fingerprint density at radius 3 is 2.95 bits per heavy atom. The van der Waals surface area contributed by atoms with E-state index in [9.17, 15) is 4.79 Å². The summed E-state index contributed by atoms with van der Waals surface area (Å²) < 4.78 is 4.70. The average Bonchev–Trinajstić information content (AvgIpc) is 2.86. The monoisotopic (exact) mass is 289 g/mol. The fourth-order valence-electron chi connectivity index (χ4n) is 3.41. The minimum Gasteiger partial charge on any atom is -0.465 e. The zero-order valence-corrected chi connectivity index (χ0v) is 12.6. The largest absolute Gasteiger partial charge is 0.465 e. The normalized spacial score (nSPS) is 23.6. The molecular formula is C16H23N3O2. The lowest BCUT2D eigenvalue weighted by molar-refractivity contribution is 0.0600. The second kappa shape index (κ2) is 6.54. The van der Waals surface area contributed by atoms with Gasteiger partial charge in [-0.15, -0.1) is 0 Å². The number of rotatable bonds is 3. The van der Waals surface area contributed by atoms with Crippen LogP contribution in [0.2, 0.25) is 0 Å². The van der Waals surface area contributed by atoms with Crippen molar-refractivity contribution in [2.24, 2.45) is 0 Å². The van der Waals surface area contributed by atoms with Crippen LogP contribution in [0.4, 0.5) is 0 Å². The third-order valence-electron chi connectivity index (χ3n) is 4.52. The Balaban J connectivity index is 1.61. The van der Waals surface area contributed by atoms with Crippen LogP contribution < -0.4 is 0 Å². The van der Waals surface area contributed by atoms with Crippen molar-refractivity contribution < 1.29 is 9.53 Å². The van der Waals surface area contributed by atoms with E-state index in [0.717, 1.165) is 31.4 Å². The quantitative estimate of drug-likeness (QED) is 0.790. The molecule has 2 fully saturated rings. The summed E-state index contributed by atoms with van der Waals surface area (Å²) in [6, 6.07) is 4.46. The summed E-state index contributed by atoms with van der Waals surface area (Å²) >= 11 is 0. The van der Waals surface area contributed by atoms with Gasteiger partial charge < -0.3 is 4.74 Å². The number of carbonyl (C=O) groups is 1. The van der Waals surface area contributed by atoms with Crippen LogP contribution in [0.15, 0.2) is 18.3 Å². The first-order valence-corrected chi connectivity index (χ1v) is 7.76. The highest BCUT2D eigenvalue weighted by Crippen LogP contribution is 2.22. The van der Waals surface area contributed by atoms with Gasteiger partial charge in [-0.25, -0.2) is 4.79 Å². The molecule has 0 amide bonds. The van der Waals surface area contributed by atoms with Crippen molar-refractivity contribution in [2.45, 2.75) is 31.8 Å². The highest BCUT2D eigenvalue weighted by Gasteiger charge is 2.28. The number of methoxy groups -OCH3 is 1. The second-order valence-corrected chi connectivity index (χ2v) is 5.95. The summed E-state index contributed by atoms with van der Waals surface area (Å²) in [5, 5.41) is 0. The molecule has 1 unspecified atom stereocenters. The maximum atomic E-state index is 11.4. The number of ether oxygens (including phenoxy) is 1. The number of nitrogens with zero attached hydrogens (tertiary/aromatic N) is 3. The van der Waals surface area contributed by atoms with E-state index in [1.165, 1.54) is 39.5 Å². The van der Waals surface area contributed by atoms with Gasteiger partial charge in [-0.05, 0) is 51.0 Å². The predicted octanol–water partition coefficient (Wildman–Crippen LogP) is 1.54. The van der Waals surface area contributed by atoms with Crippen LogP contribution in [0, 0.1) is 0 Å². The lowest BCUT2D eigenvalue weighted by atomic mass is 10.2. The van der Waals surface area contributed by atoms with E-state index in [1.54, 1.807) is 12.3 Å². The van der Waals surface area contributed by atoms with E-state index in [2.05, 4.69) is 14.8 Å². The van der Waals surface area contributed by atoms with Gasteiger partial charge in [0, 0.05) is 25.3 Å². The molecule has 0 radical (unpaired) electrons. The van der Waals surface area contributed by atoms with Gasteiger partial charge in [0.15, 0.2) is 0 Å². The van der Waals surface area contributed by atoms with Gasteiger partial charge in [0.1, 0.15) is 0 Å². The number of esters is 1. The summed E-state index contributed by atoms with van der Waals surface area (Å²) in [6.45, 7) is 5.64. The molecule has 0 aromatic carbocycles. The number of hydrogen-bond donors (Lipinski definition) is 0. The first-order chi connectivity index (χ1) is 10.3. The molecule has 1 aromatic heterocycles. The minimum atomic E-state index is -0.328. The van der Waals surface area contributed by atoms with Crippen LogP contribution in [-0.2, 0) is 11.3 Å². The molecule has 3 heterocycles. The van der Waals surface area contributed by atoms with E-state index < -0.39 is 0 Å². The molecule has 21 heavy (non-hydrogen) atoms.